The molecule has 0 fully saturated rings. The van der Waals surface area contributed by atoms with Crippen LogP contribution in [-0.2, 0) is 6.42 Å². The lowest BCUT2D eigenvalue weighted by atomic mass is 10.0. The molecule has 0 aliphatic heterocycles. The molecule has 0 spiro atoms. The Morgan fingerprint density at radius 2 is 1.53 bits per heavy atom. The molecule has 0 radical (unpaired) electrons. The number of alkyl halides is 1. The van der Waals surface area contributed by atoms with Gasteiger partial charge in [0.1, 0.15) is 5.82 Å². The maximum atomic E-state index is 12.8. The fraction of sp³-hybridized carbons (Fsp3) is 0.143. The zero-order valence-electron chi connectivity index (χ0n) is 9.04. The van der Waals surface area contributed by atoms with Crippen LogP contribution in [0.2, 0.25) is 0 Å². The summed E-state index contributed by atoms with van der Waals surface area (Å²) in [5.74, 6) is -0.197. The highest BCUT2D eigenvalue weighted by atomic mass is 79.9. The molecule has 0 N–H and O–H groups in total. The van der Waals surface area contributed by atoms with Crippen LogP contribution < -0.4 is 0 Å². The molecule has 0 saturated carbocycles. The van der Waals surface area contributed by atoms with Gasteiger partial charge >= 0.3 is 0 Å². The molecule has 0 heterocycles. The zero-order valence-corrected chi connectivity index (χ0v) is 12.2. The minimum Gasteiger partial charge on any atom is -0.207 e. The number of rotatable bonds is 3. The molecule has 0 bridgehead atoms. The third kappa shape index (κ3) is 3.65. The fourth-order valence-electron chi connectivity index (χ4n) is 1.62. The maximum Gasteiger partial charge on any atom is 0.123 e. The van der Waals surface area contributed by atoms with E-state index in [1.165, 1.54) is 17.7 Å². The van der Waals surface area contributed by atoms with Gasteiger partial charge in [-0.05, 0) is 41.8 Å². The third-order valence-electron chi connectivity index (χ3n) is 2.56. The minimum atomic E-state index is -0.197. The van der Waals surface area contributed by atoms with Crippen LogP contribution in [-0.4, -0.2) is 0 Å². The van der Waals surface area contributed by atoms with Gasteiger partial charge in [0.25, 0.3) is 0 Å². The summed E-state index contributed by atoms with van der Waals surface area (Å²) in [4.78, 5) is 0.212. The number of benzene rings is 2. The van der Waals surface area contributed by atoms with Crippen LogP contribution in [0.3, 0.4) is 0 Å². The lowest BCUT2D eigenvalue weighted by Crippen LogP contribution is -1.95. The Bertz CT molecular complexity index is 477. The average Bonchev–Trinajstić information content (AvgIpc) is 2.33. The molecule has 1 atom stereocenters. The van der Waals surface area contributed by atoms with Gasteiger partial charge in [-0.15, -0.1) is 0 Å². The first-order valence-corrected chi connectivity index (χ1v) is 7.00. The second kappa shape index (κ2) is 5.78. The molecule has 0 aromatic heterocycles. The van der Waals surface area contributed by atoms with Crippen molar-refractivity contribution in [1.82, 2.24) is 0 Å². The standard InChI is InChI=1S/C14H11Br2F/c15-12-5-1-10(2-6-12)9-14(16)11-3-7-13(17)8-4-11/h1-8,14H,9H2. The molecule has 0 amide bonds. The molecule has 3 heteroatoms. The van der Waals surface area contributed by atoms with Crippen LogP contribution in [0.5, 0.6) is 0 Å². The van der Waals surface area contributed by atoms with E-state index in [4.69, 9.17) is 0 Å². The van der Waals surface area contributed by atoms with Gasteiger partial charge in [0, 0.05) is 9.30 Å². The second-order valence-electron chi connectivity index (χ2n) is 3.85. The van der Waals surface area contributed by atoms with Gasteiger partial charge in [-0.1, -0.05) is 56.1 Å². The number of hydrogen-bond donors (Lipinski definition) is 0. The highest BCUT2D eigenvalue weighted by molar-refractivity contribution is 9.10. The summed E-state index contributed by atoms with van der Waals surface area (Å²) in [6, 6.07) is 14.8. The third-order valence-corrected chi connectivity index (χ3v) is 3.94. The van der Waals surface area contributed by atoms with E-state index < -0.39 is 0 Å². The lowest BCUT2D eigenvalue weighted by Gasteiger charge is -2.10. The van der Waals surface area contributed by atoms with Crippen LogP contribution in [0.1, 0.15) is 16.0 Å². The van der Waals surface area contributed by atoms with Crippen molar-refractivity contribution in [2.75, 3.05) is 0 Å². The van der Waals surface area contributed by atoms with Gasteiger partial charge in [-0.3, -0.25) is 0 Å². The molecule has 0 nitrogen and oxygen atoms in total. The molecule has 0 aliphatic rings. The molecular weight excluding hydrogens is 347 g/mol. The smallest absolute Gasteiger partial charge is 0.123 e. The Labute approximate surface area is 117 Å². The fourth-order valence-corrected chi connectivity index (χ4v) is 2.56. The monoisotopic (exact) mass is 356 g/mol. The van der Waals surface area contributed by atoms with Crippen molar-refractivity contribution in [3.05, 3.63) is 69.9 Å². The largest absolute Gasteiger partial charge is 0.207 e. The van der Waals surface area contributed by atoms with Crippen molar-refractivity contribution < 1.29 is 4.39 Å². The quantitative estimate of drug-likeness (QED) is 0.656. The molecule has 0 aliphatic carbocycles. The van der Waals surface area contributed by atoms with Crippen molar-refractivity contribution in [3.8, 4) is 0 Å². The first-order valence-electron chi connectivity index (χ1n) is 5.29. The van der Waals surface area contributed by atoms with Gasteiger partial charge in [0.05, 0.1) is 0 Å². The van der Waals surface area contributed by atoms with Crippen LogP contribution in [0.15, 0.2) is 53.0 Å². The molecule has 1 unspecified atom stereocenters. The van der Waals surface area contributed by atoms with Crippen molar-refractivity contribution in [2.45, 2.75) is 11.2 Å². The van der Waals surface area contributed by atoms with Gasteiger partial charge in [0.2, 0.25) is 0 Å². The molecule has 2 rings (SSSR count). The minimum absolute atomic E-state index is 0.197. The van der Waals surface area contributed by atoms with E-state index in [0.717, 1.165) is 16.5 Å². The van der Waals surface area contributed by atoms with E-state index in [-0.39, 0.29) is 10.6 Å². The second-order valence-corrected chi connectivity index (χ2v) is 5.87. The van der Waals surface area contributed by atoms with E-state index in [1.807, 2.05) is 24.3 Å². The Balaban J connectivity index is 2.08. The SMILES string of the molecule is Fc1ccc(C(Br)Cc2ccc(Br)cc2)cc1. The van der Waals surface area contributed by atoms with Crippen LogP contribution in [0, 0.1) is 5.82 Å². The number of halogens is 3. The summed E-state index contributed by atoms with van der Waals surface area (Å²) in [7, 11) is 0. The molecule has 2 aromatic carbocycles. The lowest BCUT2D eigenvalue weighted by molar-refractivity contribution is 0.627. The first kappa shape index (κ1) is 12.8. The first-order chi connectivity index (χ1) is 8.15. The Morgan fingerprint density at radius 1 is 0.941 bits per heavy atom. The van der Waals surface area contributed by atoms with E-state index in [9.17, 15) is 4.39 Å². The van der Waals surface area contributed by atoms with Crippen LogP contribution in [0.4, 0.5) is 4.39 Å². The van der Waals surface area contributed by atoms with Gasteiger partial charge < -0.3 is 0 Å². The van der Waals surface area contributed by atoms with Crippen molar-refractivity contribution >= 4 is 31.9 Å². The zero-order chi connectivity index (χ0) is 12.3. The summed E-state index contributed by atoms with van der Waals surface area (Å²) in [6.45, 7) is 0. The highest BCUT2D eigenvalue weighted by Gasteiger charge is 2.08. The summed E-state index contributed by atoms with van der Waals surface area (Å²) in [6.07, 6.45) is 0.888. The van der Waals surface area contributed by atoms with Crippen LogP contribution in [0.25, 0.3) is 0 Å². The summed E-state index contributed by atoms with van der Waals surface area (Å²) in [5.41, 5.74) is 2.34. The van der Waals surface area contributed by atoms with Gasteiger partial charge in [0.15, 0.2) is 0 Å². The van der Waals surface area contributed by atoms with E-state index >= 15 is 0 Å². The van der Waals surface area contributed by atoms with E-state index in [2.05, 4.69) is 44.0 Å². The number of hydrogen-bond acceptors (Lipinski definition) is 0. The van der Waals surface area contributed by atoms with Crippen molar-refractivity contribution in [2.24, 2.45) is 0 Å². The average molecular weight is 358 g/mol. The van der Waals surface area contributed by atoms with E-state index in [1.54, 1.807) is 0 Å². The predicted molar refractivity (Wildman–Crippen MR) is 75.9 cm³/mol. The van der Waals surface area contributed by atoms with E-state index in [0.29, 0.717) is 0 Å². The molecule has 17 heavy (non-hydrogen) atoms. The highest BCUT2D eigenvalue weighted by Crippen LogP contribution is 2.27. The van der Waals surface area contributed by atoms with Crippen LogP contribution >= 0.6 is 31.9 Å². The summed E-state index contributed by atoms with van der Waals surface area (Å²) >= 11 is 7.04. The summed E-state index contributed by atoms with van der Waals surface area (Å²) < 4.78 is 13.9. The van der Waals surface area contributed by atoms with Gasteiger partial charge in [-0.2, -0.15) is 0 Å². The molecular formula is C14H11Br2F. The Hall–Kier alpha value is -0.670. The Morgan fingerprint density at radius 3 is 2.12 bits per heavy atom. The van der Waals surface area contributed by atoms with Crippen molar-refractivity contribution in [3.63, 3.8) is 0 Å². The maximum absolute atomic E-state index is 12.8. The van der Waals surface area contributed by atoms with Crippen molar-refractivity contribution in [1.29, 1.82) is 0 Å². The summed E-state index contributed by atoms with van der Waals surface area (Å²) in [5, 5.41) is 0. The molecule has 0 saturated heterocycles. The molecule has 88 valence electrons. The normalized spacial score (nSPS) is 12.4. The topological polar surface area (TPSA) is 0 Å². The molecule has 2 aromatic rings. The predicted octanol–water partition coefficient (Wildman–Crippen LogP) is 5.27. The Kier molecular flexibility index (Phi) is 4.35. The van der Waals surface area contributed by atoms with Gasteiger partial charge in [-0.25, -0.2) is 4.39 Å².